The van der Waals surface area contributed by atoms with Gasteiger partial charge in [0.1, 0.15) is 0 Å². The molecular formula is C12H15Br4N. The van der Waals surface area contributed by atoms with Gasteiger partial charge in [0.25, 0.3) is 0 Å². The normalized spacial score (nSPS) is 7.29. The highest BCUT2D eigenvalue weighted by molar-refractivity contribution is 8.93. The lowest BCUT2D eigenvalue weighted by Crippen LogP contribution is -1.87. The summed E-state index contributed by atoms with van der Waals surface area (Å²) in [5.41, 5.74) is 2.24. The van der Waals surface area contributed by atoms with E-state index in [1.165, 1.54) is 0 Å². The quantitative estimate of drug-likeness (QED) is 0.563. The molecule has 0 radical (unpaired) electrons. The minimum atomic E-state index is 0. The van der Waals surface area contributed by atoms with Gasteiger partial charge >= 0.3 is 0 Å². The molecule has 2 rings (SSSR count). The topological polar surface area (TPSA) is 12.0 Å². The first-order chi connectivity index (χ1) is 6.45. The number of rotatable bonds is 2. The van der Waals surface area contributed by atoms with Gasteiger partial charge in [-0.2, -0.15) is 0 Å². The van der Waals surface area contributed by atoms with Gasteiger partial charge in [0.05, 0.1) is 0 Å². The molecule has 0 saturated carbocycles. The lowest BCUT2D eigenvalue weighted by atomic mass is 10.3. The van der Waals surface area contributed by atoms with E-state index in [2.05, 4.69) is 5.32 Å². The van der Waals surface area contributed by atoms with Gasteiger partial charge in [-0.15, -0.1) is 67.9 Å². The summed E-state index contributed by atoms with van der Waals surface area (Å²) in [5, 5.41) is 3.30. The SMILES string of the molecule is Br.Br.Br.Br.c1ccc(Nc2ccccc2)cc1. The molecule has 0 spiro atoms. The van der Waals surface area contributed by atoms with E-state index in [0.29, 0.717) is 0 Å². The molecule has 0 saturated heterocycles. The molecule has 1 N–H and O–H groups in total. The third-order valence-corrected chi connectivity index (χ3v) is 1.84. The summed E-state index contributed by atoms with van der Waals surface area (Å²) in [7, 11) is 0. The average Bonchev–Trinajstić information content (AvgIpc) is 2.21. The van der Waals surface area contributed by atoms with Gasteiger partial charge in [0, 0.05) is 11.4 Å². The molecule has 0 aliphatic carbocycles. The molecule has 96 valence electrons. The Kier molecular flexibility index (Phi) is 16.6. The second-order valence-corrected chi connectivity index (χ2v) is 2.86. The molecule has 0 aliphatic heterocycles. The zero-order valence-corrected chi connectivity index (χ0v) is 15.8. The first-order valence-electron chi connectivity index (χ1n) is 4.32. The molecule has 0 amide bonds. The van der Waals surface area contributed by atoms with Crippen LogP contribution in [0.1, 0.15) is 0 Å². The molecule has 0 aliphatic rings. The lowest BCUT2D eigenvalue weighted by molar-refractivity contribution is 1.55. The Morgan fingerprint density at radius 2 is 0.765 bits per heavy atom. The molecule has 0 bridgehead atoms. The third kappa shape index (κ3) is 7.97. The van der Waals surface area contributed by atoms with Crippen molar-refractivity contribution in [1.29, 1.82) is 0 Å². The van der Waals surface area contributed by atoms with Crippen molar-refractivity contribution < 1.29 is 0 Å². The van der Waals surface area contributed by atoms with Crippen molar-refractivity contribution >= 4 is 79.3 Å². The van der Waals surface area contributed by atoms with Gasteiger partial charge in [-0.05, 0) is 24.3 Å². The number of para-hydroxylation sites is 2. The standard InChI is InChI=1S/C12H11N.4BrH/c1-3-7-11(8-4-1)13-12-9-5-2-6-10-12;;;;/h1-10,13H;4*1H. The number of hydrogen-bond acceptors (Lipinski definition) is 1. The Labute approximate surface area is 144 Å². The van der Waals surface area contributed by atoms with E-state index in [1.807, 2.05) is 60.7 Å². The van der Waals surface area contributed by atoms with E-state index in [0.717, 1.165) is 11.4 Å². The maximum atomic E-state index is 3.30. The molecule has 5 heteroatoms. The van der Waals surface area contributed by atoms with Crippen LogP contribution in [0.5, 0.6) is 0 Å². The van der Waals surface area contributed by atoms with Gasteiger partial charge in [-0.3, -0.25) is 0 Å². The number of hydrogen-bond donors (Lipinski definition) is 1. The number of anilines is 2. The van der Waals surface area contributed by atoms with Crippen LogP contribution in [-0.4, -0.2) is 0 Å². The molecular weight excluding hydrogens is 478 g/mol. The van der Waals surface area contributed by atoms with Gasteiger partial charge in [0.2, 0.25) is 0 Å². The van der Waals surface area contributed by atoms with Crippen molar-refractivity contribution in [2.24, 2.45) is 0 Å². The highest BCUT2D eigenvalue weighted by atomic mass is 79.9. The summed E-state index contributed by atoms with van der Waals surface area (Å²) < 4.78 is 0. The maximum absolute atomic E-state index is 3.30. The Bertz CT molecular complexity index is 329. The molecule has 0 aromatic heterocycles. The largest absolute Gasteiger partial charge is 0.356 e. The van der Waals surface area contributed by atoms with Crippen molar-refractivity contribution in [2.45, 2.75) is 0 Å². The number of nitrogens with one attached hydrogen (secondary N) is 1. The van der Waals surface area contributed by atoms with Crippen molar-refractivity contribution in [3.8, 4) is 0 Å². The second-order valence-electron chi connectivity index (χ2n) is 2.86. The van der Waals surface area contributed by atoms with Crippen LogP contribution in [0.15, 0.2) is 60.7 Å². The van der Waals surface area contributed by atoms with Crippen LogP contribution in [0.25, 0.3) is 0 Å². The van der Waals surface area contributed by atoms with E-state index in [-0.39, 0.29) is 67.9 Å². The van der Waals surface area contributed by atoms with Crippen molar-refractivity contribution in [1.82, 2.24) is 0 Å². The van der Waals surface area contributed by atoms with Crippen LogP contribution < -0.4 is 5.32 Å². The van der Waals surface area contributed by atoms with E-state index >= 15 is 0 Å². The van der Waals surface area contributed by atoms with Crippen molar-refractivity contribution in [3.63, 3.8) is 0 Å². The lowest BCUT2D eigenvalue weighted by Gasteiger charge is -2.04. The number of halogens is 4. The first kappa shape index (κ1) is 22.3. The Morgan fingerprint density at radius 3 is 1.06 bits per heavy atom. The minimum Gasteiger partial charge on any atom is -0.356 e. The Hall–Kier alpha value is 0.160. The van der Waals surface area contributed by atoms with E-state index < -0.39 is 0 Å². The summed E-state index contributed by atoms with van der Waals surface area (Å²) in [6, 6.07) is 20.3. The molecule has 2 aromatic carbocycles. The van der Waals surface area contributed by atoms with Crippen LogP contribution in [0, 0.1) is 0 Å². The summed E-state index contributed by atoms with van der Waals surface area (Å²) in [6.45, 7) is 0. The molecule has 0 fully saturated rings. The fourth-order valence-corrected chi connectivity index (χ4v) is 1.21. The van der Waals surface area contributed by atoms with E-state index in [4.69, 9.17) is 0 Å². The molecule has 0 unspecified atom stereocenters. The molecule has 17 heavy (non-hydrogen) atoms. The van der Waals surface area contributed by atoms with Gasteiger partial charge < -0.3 is 5.32 Å². The first-order valence-corrected chi connectivity index (χ1v) is 4.32. The highest BCUT2D eigenvalue weighted by Gasteiger charge is 1.89. The van der Waals surface area contributed by atoms with Crippen LogP contribution in [0.4, 0.5) is 11.4 Å². The maximum Gasteiger partial charge on any atom is 0.0384 e. The monoisotopic (exact) mass is 489 g/mol. The van der Waals surface area contributed by atoms with Gasteiger partial charge in [-0.25, -0.2) is 0 Å². The molecule has 1 nitrogen and oxygen atoms in total. The van der Waals surface area contributed by atoms with Crippen LogP contribution in [0.3, 0.4) is 0 Å². The molecule has 0 heterocycles. The third-order valence-electron chi connectivity index (χ3n) is 1.84. The summed E-state index contributed by atoms with van der Waals surface area (Å²) in [6.07, 6.45) is 0. The predicted octanol–water partition coefficient (Wildman–Crippen LogP) is 5.74. The van der Waals surface area contributed by atoms with Gasteiger partial charge in [-0.1, -0.05) is 36.4 Å². The predicted molar refractivity (Wildman–Crippen MR) is 97.5 cm³/mol. The highest BCUT2D eigenvalue weighted by Crippen LogP contribution is 2.14. The molecule has 0 atom stereocenters. The van der Waals surface area contributed by atoms with Crippen LogP contribution >= 0.6 is 67.9 Å². The molecule has 2 aromatic rings. The van der Waals surface area contributed by atoms with E-state index in [1.54, 1.807) is 0 Å². The summed E-state index contributed by atoms with van der Waals surface area (Å²) >= 11 is 0. The van der Waals surface area contributed by atoms with Crippen molar-refractivity contribution in [2.75, 3.05) is 5.32 Å². The smallest absolute Gasteiger partial charge is 0.0384 e. The zero-order chi connectivity index (χ0) is 8.93. The number of benzene rings is 2. The Balaban J connectivity index is -0.000000490. The van der Waals surface area contributed by atoms with Crippen LogP contribution in [0.2, 0.25) is 0 Å². The fraction of sp³-hybridized carbons (Fsp3) is 0. The van der Waals surface area contributed by atoms with Crippen LogP contribution in [-0.2, 0) is 0 Å². The summed E-state index contributed by atoms with van der Waals surface area (Å²) in [5.74, 6) is 0. The minimum absolute atomic E-state index is 0. The average molecular weight is 493 g/mol. The zero-order valence-electron chi connectivity index (χ0n) is 8.91. The Morgan fingerprint density at radius 1 is 0.471 bits per heavy atom. The second kappa shape index (κ2) is 12.6. The van der Waals surface area contributed by atoms with E-state index in [9.17, 15) is 0 Å². The fourth-order valence-electron chi connectivity index (χ4n) is 1.21. The van der Waals surface area contributed by atoms with Gasteiger partial charge in [0.15, 0.2) is 0 Å². The summed E-state index contributed by atoms with van der Waals surface area (Å²) in [4.78, 5) is 0. The van der Waals surface area contributed by atoms with Crippen molar-refractivity contribution in [3.05, 3.63) is 60.7 Å².